The van der Waals surface area contributed by atoms with Gasteiger partial charge in [-0.25, -0.2) is 0 Å². The number of carbonyl (C=O) groups is 2. The van der Waals surface area contributed by atoms with Gasteiger partial charge in [0.05, 0.1) is 19.1 Å². The quantitative estimate of drug-likeness (QED) is 0.840. The fourth-order valence-electron chi connectivity index (χ4n) is 2.82. The molecule has 0 spiro atoms. The lowest BCUT2D eigenvalue weighted by Crippen LogP contribution is -2.50. The minimum Gasteiger partial charge on any atom is -0.493 e. The Kier molecular flexibility index (Phi) is 5.23. The maximum atomic E-state index is 12.7. The van der Waals surface area contributed by atoms with Crippen LogP contribution in [0.4, 0.5) is 0 Å². The zero-order chi connectivity index (χ0) is 17.8. The topological polar surface area (TPSA) is 59.1 Å². The van der Waals surface area contributed by atoms with Gasteiger partial charge in [0, 0.05) is 31.7 Å². The molecular weight excluding hydrogens is 340 g/mol. The van der Waals surface area contributed by atoms with Crippen molar-refractivity contribution in [2.24, 2.45) is 0 Å². The number of nitrogens with zero attached hydrogens (tertiary/aromatic N) is 2. The minimum atomic E-state index is -0.0656. The van der Waals surface area contributed by atoms with E-state index in [1.165, 1.54) is 11.3 Å². The van der Waals surface area contributed by atoms with E-state index in [1.54, 1.807) is 42.2 Å². The van der Waals surface area contributed by atoms with E-state index in [1.807, 2.05) is 17.5 Å². The van der Waals surface area contributed by atoms with Crippen LogP contribution in [0.5, 0.6) is 11.5 Å². The Balaban J connectivity index is 1.64. The summed E-state index contributed by atoms with van der Waals surface area (Å²) in [5, 5.41) is 1.89. The molecule has 1 saturated heterocycles. The molecule has 0 unspecified atom stereocenters. The molecule has 132 valence electrons. The molecule has 0 radical (unpaired) electrons. The molecule has 1 aliphatic heterocycles. The molecule has 0 saturated carbocycles. The molecule has 2 aromatic rings. The Hall–Kier alpha value is -2.54. The molecule has 1 fully saturated rings. The maximum absolute atomic E-state index is 12.7. The van der Waals surface area contributed by atoms with Gasteiger partial charge >= 0.3 is 0 Å². The molecule has 6 nitrogen and oxygen atoms in total. The first-order chi connectivity index (χ1) is 12.1. The highest BCUT2D eigenvalue weighted by molar-refractivity contribution is 7.12. The zero-order valence-corrected chi connectivity index (χ0v) is 15.0. The average Bonchev–Trinajstić information content (AvgIpc) is 3.21. The molecule has 0 atom stereocenters. The minimum absolute atomic E-state index is 0.0354. The van der Waals surface area contributed by atoms with Crippen LogP contribution >= 0.6 is 11.3 Å². The second kappa shape index (κ2) is 7.57. The van der Waals surface area contributed by atoms with Gasteiger partial charge in [0.2, 0.25) is 0 Å². The normalized spacial score (nSPS) is 14.3. The largest absolute Gasteiger partial charge is 0.493 e. The summed E-state index contributed by atoms with van der Waals surface area (Å²) in [7, 11) is 3.10. The predicted molar refractivity (Wildman–Crippen MR) is 95.7 cm³/mol. The van der Waals surface area contributed by atoms with E-state index in [9.17, 15) is 9.59 Å². The summed E-state index contributed by atoms with van der Waals surface area (Å²) < 4.78 is 10.5. The van der Waals surface area contributed by atoms with Gasteiger partial charge in [-0.05, 0) is 29.6 Å². The number of hydrogen-bond donors (Lipinski definition) is 0. The summed E-state index contributed by atoms with van der Waals surface area (Å²) in [5.74, 6) is 1.09. The summed E-state index contributed by atoms with van der Waals surface area (Å²) in [6.45, 7) is 2.11. The third-order valence-electron chi connectivity index (χ3n) is 4.22. The van der Waals surface area contributed by atoms with Gasteiger partial charge in [-0.2, -0.15) is 0 Å². The number of piperazine rings is 1. The molecule has 2 amide bonds. The smallest absolute Gasteiger partial charge is 0.264 e. The maximum Gasteiger partial charge on any atom is 0.264 e. The van der Waals surface area contributed by atoms with E-state index < -0.39 is 0 Å². The lowest BCUT2D eigenvalue weighted by atomic mass is 10.1. The molecule has 1 aromatic heterocycles. The van der Waals surface area contributed by atoms with Crippen molar-refractivity contribution in [3.63, 3.8) is 0 Å². The van der Waals surface area contributed by atoms with Gasteiger partial charge in [0.1, 0.15) is 0 Å². The molecule has 7 heteroatoms. The van der Waals surface area contributed by atoms with Crippen LogP contribution in [0.15, 0.2) is 35.7 Å². The summed E-state index contributed by atoms with van der Waals surface area (Å²) >= 11 is 1.44. The molecule has 0 bridgehead atoms. The van der Waals surface area contributed by atoms with Crippen LogP contribution in [-0.4, -0.2) is 62.0 Å². The fraction of sp³-hybridized carbons (Fsp3) is 0.333. The molecule has 1 aromatic carbocycles. The van der Waals surface area contributed by atoms with E-state index >= 15 is 0 Å². The number of benzene rings is 1. The number of thiophene rings is 1. The first-order valence-electron chi connectivity index (χ1n) is 7.98. The van der Waals surface area contributed by atoms with Crippen molar-refractivity contribution in [2.45, 2.75) is 0 Å². The number of ether oxygens (including phenoxy) is 2. The second-order valence-corrected chi connectivity index (χ2v) is 6.58. The van der Waals surface area contributed by atoms with Crippen molar-refractivity contribution in [3.8, 4) is 11.5 Å². The van der Waals surface area contributed by atoms with E-state index in [0.29, 0.717) is 43.2 Å². The van der Waals surface area contributed by atoms with Crippen LogP contribution in [0.25, 0.3) is 0 Å². The molecule has 0 N–H and O–H groups in total. The fourth-order valence-corrected chi connectivity index (χ4v) is 3.51. The predicted octanol–water partition coefficient (Wildman–Crippen LogP) is 2.36. The molecule has 0 aliphatic carbocycles. The molecule has 2 heterocycles. The molecule has 1 aliphatic rings. The van der Waals surface area contributed by atoms with Crippen LogP contribution in [0.2, 0.25) is 0 Å². The van der Waals surface area contributed by atoms with E-state index in [4.69, 9.17) is 9.47 Å². The van der Waals surface area contributed by atoms with Gasteiger partial charge in [0.25, 0.3) is 11.8 Å². The summed E-state index contributed by atoms with van der Waals surface area (Å²) in [6.07, 6.45) is 0. The van der Waals surface area contributed by atoms with Crippen molar-refractivity contribution in [2.75, 3.05) is 40.4 Å². The third kappa shape index (κ3) is 3.61. The van der Waals surface area contributed by atoms with Crippen molar-refractivity contribution < 1.29 is 19.1 Å². The zero-order valence-electron chi connectivity index (χ0n) is 14.2. The number of amides is 2. The third-order valence-corrected chi connectivity index (χ3v) is 5.07. The first-order valence-corrected chi connectivity index (χ1v) is 8.86. The Morgan fingerprint density at radius 1 is 0.920 bits per heavy atom. The Morgan fingerprint density at radius 2 is 1.56 bits per heavy atom. The summed E-state index contributed by atoms with van der Waals surface area (Å²) in [5.41, 5.74) is 0.552. The van der Waals surface area contributed by atoms with Crippen LogP contribution < -0.4 is 9.47 Å². The number of carbonyl (C=O) groups excluding carboxylic acids is 2. The molecular formula is C18H20N2O4S. The van der Waals surface area contributed by atoms with Crippen LogP contribution in [0.3, 0.4) is 0 Å². The van der Waals surface area contributed by atoms with Gasteiger partial charge in [-0.15, -0.1) is 11.3 Å². The van der Waals surface area contributed by atoms with Crippen molar-refractivity contribution in [1.29, 1.82) is 0 Å². The first kappa shape index (κ1) is 17.3. The standard InChI is InChI=1S/C18H20N2O4S/c1-23-14-6-5-13(12-15(14)24-2)17(21)19-7-9-20(10-8-19)18(22)16-4-3-11-25-16/h3-6,11-12H,7-10H2,1-2H3. The highest BCUT2D eigenvalue weighted by Gasteiger charge is 2.26. The van der Waals surface area contributed by atoms with Gasteiger partial charge in [-0.1, -0.05) is 6.07 Å². The van der Waals surface area contributed by atoms with Crippen LogP contribution in [-0.2, 0) is 0 Å². The van der Waals surface area contributed by atoms with Gasteiger partial charge in [-0.3, -0.25) is 9.59 Å². The van der Waals surface area contributed by atoms with Gasteiger partial charge in [0.15, 0.2) is 11.5 Å². The number of hydrogen-bond acceptors (Lipinski definition) is 5. The van der Waals surface area contributed by atoms with E-state index in [-0.39, 0.29) is 11.8 Å². The SMILES string of the molecule is COc1ccc(C(=O)N2CCN(C(=O)c3cccs3)CC2)cc1OC. The Labute approximate surface area is 150 Å². The average molecular weight is 360 g/mol. The van der Waals surface area contributed by atoms with E-state index in [2.05, 4.69) is 0 Å². The summed E-state index contributed by atoms with van der Waals surface area (Å²) in [6, 6.07) is 8.84. The summed E-state index contributed by atoms with van der Waals surface area (Å²) in [4.78, 5) is 29.4. The second-order valence-electron chi connectivity index (χ2n) is 5.63. The van der Waals surface area contributed by atoms with Crippen LogP contribution in [0.1, 0.15) is 20.0 Å². The van der Waals surface area contributed by atoms with Crippen molar-refractivity contribution in [3.05, 3.63) is 46.2 Å². The monoisotopic (exact) mass is 360 g/mol. The van der Waals surface area contributed by atoms with Crippen LogP contribution in [0, 0.1) is 0 Å². The number of rotatable bonds is 4. The molecule has 25 heavy (non-hydrogen) atoms. The van der Waals surface area contributed by atoms with Gasteiger partial charge < -0.3 is 19.3 Å². The Bertz CT molecular complexity index is 752. The van der Waals surface area contributed by atoms with Crippen molar-refractivity contribution in [1.82, 2.24) is 9.80 Å². The lowest BCUT2D eigenvalue weighted by Gasteiger charge is -2.34. The van der Waals surface area contributed by atoms with Crippen molar-refractivity contribution >= 4 is 23.2 Å². The Morgan fingerprint density at radius 3 is 2.12 bits per heavy atom. The molecule has 3 rings (SSSR count). The highest BCUT2D eigenvalue weighted by Crippen LogP contribution is 2.28. The van der Waals surface area contributed by atoms with E-state index in [0.717, 1.165) is 4.88 Å². The lowest BCUT2D eigenvalue weighted by molar-refractivity contribution is 0.0538. The number of methoxy groups -OCH3 is 2. The highest BCUT2D eigenvalue weighted by atomic mass is 32.1.